The average molecular weight is 263 g/mol. The zero-order valence-electron chi connectivity index (χ0n) is 12.0. The van der Waals surface area contributed by atoms with E-state index in [0.29, 0.717) is 5.88 Å². The van der Waals surface area contributed by atoms with Crippen molar-refractivity contribution in [2.75, 3.05) is 26.2 Å². The van der Waals surface area contributed by atoms with Gasteiger partial charge >= 0.3 is 0 Å². The van der Waals surface area contributed by atoms with E-state index in [1.807, 2.05) is 13.0 Å². The molecule has 0 N–H and O–H groups in total. The van der Waals surface area contributed by atoms with E-state index in [-0.39, 0.29) is 0 Å². The summed E-state index contributed by atoms with van der Waals surface area (Å²) in [5.74, 6) is 0.698. The van der Waals surface area contributed by atoms with Crippen LogP contribution < -0.4 is 4.74 Å². The first-order valence-corrected chi connectivity index (χ1v) is 7.48. The minimum absolute atomic E-state index is 0.698. The second kappa shape index (κ2) is 8.10. The molecule has 0 atom stereocenters. The molecule has 1 aromatic rings. The minimum atomic E-state index is 0.698. The first-order chi connectivity index (χ1) is 9.34. The Morgan fingerprint density at radius 1 is 1.11 bits per heavy atom. The zero-order chi connectivity index (χ0) is 13.3. The fraction of sp³-hybridized carbons (Fsp3) is 0.733. The Labute approximate surface area is 116 Å². The van der Waals surface area contributed by atoms with Crippen molar-refractivity contribution in [2.45, 2.75) is 45.4 Å². The number of unbranched alkanes of at least 4 members (excludes halogenated alkanes) is 2. The number of aromatic nitrogens is 2. The molecule has 1 aliphatic rings. The highest BCUT2D eigenvalue weighted by Gasteiger charge is 2.08. The smallest absolute Gasteiger partial charge is 0.216 e. The molecule has 2 heterocycles. The van der Waals surface area contributed by atoms with Crippen LogP contribution >= 0.6 is 0 Å². The van der Waals surface area contributed by atoms with Gasteiger partial charge in [-0.3, -0.25) is 0 Å². The van der Waals surface area contributed by atoms with Gasteiger partial charge < -0.3 is 9.64 Å². The molecule has 1 aromatic heterocycles. The number of hydrogen-bond donors (Lipinski definition) is 0. The molecule has 1 aliphatic heterocycles. The van der Waals surface area contributed by atoms with Gasteiger partial charge in [-0.25, -0.2) is 9.97 Å². The maximum absolute atomic E-state index is 5.61. The van der Waals surface area contributed by atoms with E-state index in [9.17, 15) is 0 Å². The highest BCUT2D eigenvalue weighted by molar-refractivity contribution is 5.11. The quantitative estimate of drug-likeness (QED) is 0.709. The highest BCUT2D eigenvalue weighted by atomic mass is 16.5. The molecule has 106 valence electrons. The molecule has 0 radical (unpaired) electrons. The Balaban J connectivity index is 1.50. The maximum atomic E-state index is 5.61. The van der Waals surface area contributed by atoms with Gasteiger partial charge in [0.25, 0.3) is 0 Å². The van der Waals surface area contributed by atoms with Gasteiger partial charge in [-0.15, -0.1) is 0 Å². The van der Waals surface area contributed by atoms with E-state index in [1.165, 1.54) is 51.7 Å². The molecule has 0 spiro atoms. The topological polar surface area (TPSA) is 38.2 Å². The van der Waals surface area contributed by atoms with Crippen LogP contribution in [0.25, 0.3) is 0 Å². The third-order valence-electron chi connectivity index (χ3n) is 3.60. The molecule has 0 aliphatic carbocycles. The van der Waals surface area contributed by atoms with Gasteiger partial charge in [0, 0.05) is 11.8 Å². The Morgan fingerprint density at radius 3 is 2.74 bits per heavy atom. The van der Waals surface area contributed by atoms with E-state index in [2.05, 4.69) is 14.9 Å². The van der Waals surface area contributed by atoms with E-state index >= 15 is 0 Å². The molecule has 2 rings (SSSR count). The van der Waals surface area contributed by atoms with Gasteiger partial charge in [-0.05, 0) is 58.7 Å². The van der Waals surface area contributed by atoms with Crippen molar-refractivity contribution >= 4 is 0 Å². The van der Waals surface area contributed by atoms with E-state index < -0.39 is 0 Å². The van der Waals surface area contributed by atoms with Crippen LogP contribution in [-0.4, -0.2) is 41.1 Å². The van der Waals surface area contributed by atoms with Crippen LogP contribution in [0.2, 0.25) is 0 Å². The van der Waals surface area contributed by atoms with Crippen LogP contribution in [0, 0.1) is 6.92 Å². The number of rotatable bonds is 7. The fourth-order valence-electron chi connectivity index (χ4n) is 2.48. The number of nitrogens with zero attached hydrogens (tertiary/aromatic N) is 3. The van der Waals surface area contributed by atoms with Gasteiger partial charge in [0.15, 0.2) is 0 Å². The molecule has 19 heavy (non-hydrogen) atoms. The summed E-state index contributed by atoms with van der Waals surface area (Å²) in [7, 11) is 0. The molecule has 1 saturated heterocycles. The SMILES string of the molecule is Cc1cc(OCCCCCN2CCCCC2)ncn1. The molecule has 0 aromatic carbocycles. The normalized spacial score (nSPS) is 16.5. The van der Waals surface area contributed by atoms with Crippen LogP contribution in [-0.2, 0) is 0 Å². The van der Waals surface area contributed by atoms with Crippen molar-refractivity contribution in [3.63, 3.8) is 0 Å². The molecular formula is C15H25N3O. The lowest BCUT2D eigenvalue weighted by Crippen LogP contribution is -2.30. The summed E-state index contributed by atoms with van der Waals surface area (Å²) in [6.07, 6.45) is 9.37. The summed E-state index contributed by atoms with van der Waals surface area (Å²) in [5.41, 5.74) is 0.954. The molecule has 0 amide bonds. The van der Waals surface area contributed by atoms with E-state index in [1.54, 1.807) is 6.33 Å². The van der Waals surface area contributed by atoms with Gasteiger partial charge in [0.2, 0.25) is 5.88 Å². The van der Waals surface area contributed by atoms with Gasteiger partial charge in [0.05, 0.1) is 6.61 Å². The summed E-state index contributed by atoms with van der Waals surface area (Å²) in [4.78, 5) is 10.7. The first-order valence-electron chi connectivity index (χ1n) is 7.48. The van der Waals surface area contributed by atoms with E-state index in [0.717, 1.165) is 18.7 Å². The standard InChI is InChI=1S/C15H25N3O/c1-14-12-15(17-13-16-14)19-11-7-3-6-10-18-8-4-2-5-9-18/h12-13H,2-11H2,1H3. The monoisotopic (exact) mass is 263 g/mol. The number of aryl methyl sites for hydroxylation is 1. The van der Waals surface area contributed by atoms with Crippen LogP contribution in [0.1, 0.15) is 44.2 Å². The van der Waals surface area contributed by atoms with Crippen molar-refractivity contribution in [1.29, 1.82) is 0 Å². The molecule has 4 nitrogen and oxygen atoms in total. The lowest BCUT2D eigenvalue weighted by atomic mass is 10.1. The second-order valence-corrected chi connectivity index (χ2v) is 5.31. The van der Waals surface area contributed by atoms with Gasteiger partial charge in [0.1, 0.15) is 6.33 Å². The highest BCUT2D eigenvalue weighted by Crippen LogP contribution is 2.10. The van der Waals surface area contributed by atoms with Crippen molar-refractivity contribution < 1.29 is 4.74 Å². The van der Waals surface area contributed by atoms with Gasteiger partial charge in [-0.2, -0.15) is 0 Å². The predicted octanol–water partition coefficient (Wildman–Crippen LogP) is 2.82. The van der Waals surface area contributed by atoms with Crippen molar-refractivity contribution in [2.24, 2.45) is 0 Å². The van der Waals surface area contributed by atoms with Gasteiger partial charge in [-0.1, -0.05) is 6.42 Å². The Morgan fingerprint density at radius 2 is 1.95 bits per heavy atom. The van der Waals surface area contributed by atoms with Crippen LogP contribution in [0.15, 0.2) is 12.4 Å². The first kappa shape index (κ1) is 14.3. The van der Waals surface area contributed by atoms with Crippen LogP contribution in [0.5, 0.6) is 5.88 Å². The summed E-state index contributed by atoms with van der Waals surface area (Å²) in [6.45, 7) is 6.57. The molecule has 1 fully saturated rings. The lowest BCUT2D eigenvalue weighted by Gasteiger charge is -2.26. The molecule has 0 bridgehead atoms. The van der Waals surface area contributed by atoms with E-state index in [4.69, 9.17) is 4.74 Å². The summed E-state index contributed by atoms with van der Waals surface area (Å²) < 4.78 is 5.61. The predicted molar refractivity (Wildman–Crippen MR) is 76.4 cm³/mol. The Bertz CT molecular complexity index is 364. The fourth-order valence-corrected chi connectivity index (χ4v) is 2.48. The number of piperidine rings is 1. The lowest BCUT2D eigenvalue weighted by molar-refractivity contribution is 0.220. The molecule has 0 saturated carbocycles. The summed E-state index contributed by atoms with van der Waals surface area (Å²) in [6, 6.07) is 1.88. The Kier molecular flexibility index (Phi) is 6.08. The minimum Gasteiger partial charge on any atom is -0.478 e. The molecular weight excluding hydrogens is 238 g/mol. The zero-order valence-corrected chi connectivity index (χ0v) is 12.0. The maximum Gasteiger partial charge on any atom is 0.216 e. The van der Waals surface area contributed by atoms with Crippen molar-refractivity contribution in [1.82, 2.24) is 14.9 Å². The van der Waals surface area contributed by atoms with Crippen molar-refractivity contribution in [3.05, 3.63) is 18.1 Å². The molecule has 0 unspecified atom stereocenters. The number of ether oxygens (including phenoxy) is 1. The van der Waals surface area contributed by atoms with Crippen LogP contribution in [0.4, 0.5) is 0 Å². The summed E-state index contributed by atoms with van der Waals surface area (Å²) in [5, 5.41) is 0. The Hall–Kier alpha value is -1.16. The average Bonchev–Trinajstić information content (AvgIpc) is 2.44. The third kappa shape index (κ3) is 5.55. The third-order valence-corrected chi connectivity index (χ3v) is 3.60. The summed E-state index contributed by atoms with van der Waals surface area (Å²) >= 11 is 0. The number of likely N-dealkylation sites (tertiary alicyclic amines) is 1. The largest absolute Gasteiger partial charge is 0.478 e. The second-order valence-electron chi connectivity index (χ2n) is 5.31. The number of hydrogen-bond acceptors (Lipinski definition) is 4. The molecule has 4 heteroatoms. The van der Waals surface area contributed by atoms with Crippen LogP contribution in [0.3, 0.4) is 0 Å². The van der Waals surface area contributed by atoms with Crippen molar-refractivity contribution in [3.8, 4) is 5.88 Å².